The highest BCUT2D eigenvalue weighted by Crippen LogP contribution is 2.33. The van der Waals surface area contributed by atoms with Crippen molar-refractivity contribution >= 4 is 10.9 Å². The second-order valence-electron chi connectivity index (χ2n) is 4.53. The van der Waals surface area contributed by atoms with Crippen LogP contribution in [0, 0.1) is 0 Å². The van der Waals surface area contributed by atoms with Crippen LogP contribution < -0.4 is 0 Å². The maximum absolute atomic E-state index is 12.6. The molecule has 0 aliphatic rings. The summed E-state index contributed by atoms with van der Waals surface area (Å²) < 4.78 is 39.7. The predicted molar refractivity (Wildman–Crippen MR) is 63.2 cm³/mol. The number of fused-ring (bicyclic) bond motifs is 1. The fraction of sp³-hybridized carbons (Fsp3) is 0.385. The van der Waals surface area contributed by atoms with Crippen molar-refractivity contribution in [2.24, 2.45) is 0 Å². The van der Waals surface area contributed by atoms with Gasteiger partial charge < -0.3 is 9.67 Å². The van der Waals surface area contributed by atoms with Crippen molar-refractivity contribution in [2.45, 2.75) is 32.7 Å². The Bertz CT molecular complexity index is 569. The van der Waals surface area contributed by atoms with E-state index >= 15 is 0 Å². The third-order valence-corrected chi connectivity index (χ3v) is 2.92. The molecule has 0 aliphatic heterocycles. The van der Waals surface area contributed by atoms with Gasteiger partial charge in [0.15, 0.2) is 0 Å². The molecular weight excluding hydrogens is 243 g/mol. The molecule has 0 aliphatic carbocycles. The van der Waals surface area contributed by atoms with Gasteiger partial charge in [-0.15, -0.1) is 0 Å². The van der Waals surface area contributed by atoms with Crippen LogP contribution in [0.25, 0.3) is 10.9 Å². The normalized spacial score (nSPS) is 12.6. The van der Waals surface area contributed by atoms with E-state index in [0.717, 1.165) is 12.1 Å². The second-order valence-corrected chi connectivity index (χ2v) is 4.53. The zero-order chi connectivity index (χ0) is 13.5. The fourth-order valence-corrected chi connectivity index (χ4v) is 2.20. The van der Waals surface area contributed by atoms with E-state index in [9.17, 15) is 18.3 Å². The number of rotatable bonds is 2. The Morgan fingerprint density at radius 2 is 1.89 bits per heavy atom. The van der Waals surface area contributed by atoms with Gasteiger partial charge in [-0.1, -0.05) is 0 Å². The van der Waals surface area contributed by atoms with Gasteiger partial charge in [-0.2, -0.15) is 13.2 Å². The standard InChI is InChI=1S/C13H14F3NO/c1-8(2)17-11(7-18)6-9-5-10(13(14,15)16)3-4-12(9)17/h3-6,8,18H,7H2,1-2H3. The van der Waals surface area contributed by atoms with Crippen LogP contribution in [0.5, 0.6) is 0 Å². The molecule has 1 aromatic heterocycles. The van der Waals surface area contributed by atoms with Gasteiger partial charge in [0.2, 0.25) is 0 Å². The first kappa shape index (κ1) is 13.0. The summed E-state index contributed by atoms with van der Waals surface area (Å²) in [4.78, 5) is 0. The molecule has 1 N–H and O–H groups in total. The highest BCUT2D eigenvalue weighted by atomic mass is 19.4. The maximum atomic E-state index is 12.6. The van der Waals surface area contributed by atoms with Crippen LogP contribution in [-0.2, 0) is 12.8 Å². The topological polar surface area (TPSA) is 25.2 Å². The quantitative estimate of drug-likeness (QED) is 0.871. The van der Waals surface area contributed by atoms with E-state index in [4.69, 9.17) is 0 Å². The highest BCUT2D eigenvalue weighted by molar-refractivity contribution is 5.82. The summed E-state index contributed by atoms with van der Waals surface area (Å²) in [7, 11) is 0. The summed E-state index contributed by atoms with van der Waals surface area (Å²) in [5.74, 6) is 0. The van der Waals surface area contributed by atoms with Crippen molar-refractivity contribution in [1.82, 2.24) is 4.57 Å². The van der Waals surface area contributed by atoms with Crippen molar-refractivity contribution in [2.75, 3.05) is 0 Å². The molecule has 0 radical (unpaired) electrons. The molecule has 0 saturated heterocycles. The first-order chi connectivity index (χ1) is 8.34. The lowest BCUT2D eigenvalue weighted by atomic mass is 10.1. The van der Waals surface area contributed by atoms with Gasteiger partial charge in [0.05, 0.1) is 12.2 Å². The van der Waals surface area contributed by atoms with Gasteiger partial charge in [-0.25, -0.2) is 0 Å². The Kier molecular flexibility index (Phi) is 3.11. The Labute approximate surface area is 103 Å². The Morgan fingerprint density at radius 3 is 2.39 bits per heavy atom. The number of hydrogen-bond donors (Lipinski definition) is 1. The third-order valence-electron chi connectivity index (χ3n) is 2.92. The minimum atomic E-state index is -4.34. The van der Waals surface area contributed by atoms with Crippen LogP contribution in [0.1, 0.15) is 31.1 Å². The van der Waals surface area contributed by atoms with Gasteiger partial charge in [-0.05, 0) is 38.1 Å². The van der Waals surface area contributed by atoms with Crippen molar-refractivity contribution < 1.29 is 18.3 Å². The lowest BCUT2D eigenvalue weighted by Crippen LogP contribution is -2.06. The van der Waals surface area contributed by atoms with Crippen molar-refractivity contribution in [3.05, 3.63) is 35.5 Å². The largest absolute Gasteiger partial charge is 0.416 e. The van der Waals surface area contributed by atoms with Crippen LogP contribution in [0.2, 0.25) is 0 Å². The van der Waals surface area contributed by atoms with Crippen molar-refractivity contribution in [1.29, 1.82) is 0 Å². The number of nitrogens with zero attached hydrogens (tertiary/aromatic N) is 1. The van der Waals surface area contributed by atoms with E-state index in [1.807, 2.05) is 18.4 Å². The minimum absolute atomic E-state index is 0.0846. The number of aliphatic hydroxyl groups is 1. The van der Waals surface area contributed by atoms with Crippen LogP contribution >= 0.6 is 0 Å². The summed E-state index contributed by atoms with van der Waals surface area (Å²) in [5, 5.41) is 9.76. The first-order valence-electron chi connectivity index (χ1n) is 5.66. The van der Waals surface area contributed by atoms with E-state index in [2.05, 4.69) is 0 Å². The molecule has 0 amide bonds. The molecule has 18 heavy (non-hydrogen) atoms. The molecule has 0 saturated carbocycles. The average Bonchev–Trinajstić information content (AvgIpc) is 2.64. The number of halogens is 3. The highest BCUT2D eigenvalue weighted by Gasteiger charge is 2.30. The molecule has 98 valence electrons. The Hall–Kier alpha value is -1.49. The predicted octanol–water partition coefficient (Wildman–Crippen LogP) is 3.73. The van der Waals surface area contributed by atoms with E-state index in [1.165, 1.54) is 6.07 Å². The second kappa shape index (κ2) is 4.31. The lowest BCUT2D eigenvalue weighted by molar-refractivity contribution is -0.137. The SMILES string of the molecule is CC(C)n1c(CO)cc2cc(C(F)(F)F)ccc21. The number of aromatic nitrogens is 1. The third kappa shape index (κ3) is 2.10. The molecule has 0 fully saturated rings. The van der Waals surface area contributed by atoms with E-state index in [-0.39, 0.29) is 12.6 Å². The van der Waals surface area contributed by atoms with E-state index < -0.39 is 11.7 Å². The van der Waals surface area contributed by atoms with Crippen molar-refractivity contribution in [3.63, 3.8) is 0 Å². The summed E-state index contributed by atoms with van der Waals surface area (Å²) in [6, 6.07) is 5.33. The summed E-state index contributed by atoms with van der Waals surface area (Å²) >= 11 is 0. The van der Waals surface area contributed by atoms with Gasteiger partial charge in [-0.3, -0.25) is 0 Å². The number of benzene rings is 1. The Morgan fingerprint density at radius 1 is 1.22 bits per heavy atom. The molecule has 5 heteroatoms. The monoisotopic (exact) mass is 257 g/mol. The summed E-state index contributed by atoms with van der Waals surface area (Å²) in [5.41, 5.74) is 0.668. The van der Waals surface area contributed by atoms with E-state index in [1.54, 1.807) is 6.07 Å². The van der Waals surface area contributed by atoms with Gasteiger partial charge in [0.25, 0.3) is 0 Å². The lowest BCUT2D eigenvalue weighted by Gasteiger charge is -2.13. The summed E-state index contributed by atoms with van der Waals surface area (Å²) in [6.45, 7) is 3.67. The van der Waals surface area contributed by atoms with Crippen LogP contribution in [0.15, 0.2) is 24.3 Å². The molecule has 0 bridgehead atoms. The van der Waals surface area contributed by atoms with Crippen LogP contribution in [0.3, 0.4) is 0 Å². The zero-order valence-electron chi connectivity index (χ0n) is 10.1. The number of aliphatic hydroxyl groups excluding tert-OH is 1. The molecule has 2 nitrogen and oxygen atoms in total. The van der Waals surface area contributed by atoms with Gasteiger partial charge >= 0.3 is 6.18 Å². The molecule has 1 aromatic carbocycles. The maximum Gasteiger partial charge on any atom is 0.416 e. The molecule has 0 atom stereocenters. The smallest absolute Gasteiger partial charge is 0.390 e. The fourth-order valence-electron chi connectivity index (χ4n) is 2.20. The molecule has 1 heterocycles. The van der Waals surface area contributed by atoms with Crippen LogP contribution in [-0.4, -0.2) is 9.67 Å². The molecule has 0 spiro atoms. The minimum Gasteiger partial charge on any atom is -0.390 e. The van der Waals surface area contributed by atoms with Gasteiger partial charge in [0, 0.05) is 22.6 Å². The molecule has 0 unspecified atom stereocenters. The first-order valence-corrected chi connectivity index (χ1v) is 5.66. The summed E-state index contributed by atoms with van der Waals surface area (Å²) in [6.07, 6.45) is -4.34. The van der Waals surface area contributed by atoms with E-state index in [0.29, 0.717) is 16.6 Å². The molecule has 2 rings (SSSR count). The zero-order valence-corrected chi connectivity index (χ0v) is 10.1. The Balaban J connectivity index is 2.67. The number of alkyl halides is 3. The number of hydrogen-bond acceptors (Lipinski definition) is 1. The molecule has 2 aromatic rings. The van der Waals surface area contributed by atoms with Gasteiger partial charge in [0.1, 0.15) is 0 Å². The van der Waals surface area contributed by atoms with Crippen LogP contribution in [0.4, 0.5) is 13.2 Å². The van der Waals surface area contributed by atoms with Crippen molar-refractivity contribution in [3.8, 4) is 0 Å². The average molecular weight is 257 g/mol. The molecular formula is C13H14F3NO.